The smallest absolute Gasteiger partial charge is 0.403 e. The number of rotatable bonds is 5. The molecule has 0 spiro atoms. The lowest BCUT2D eigenvalue weighted by atomic mass is 9.92. The Labute approximate surface area is 105 Å². The van der Waals surface area contributed by atoms with Crippen molar-refractivity contribution in [2.45, 2.75) is 44.4 Å². The second kappa shape index (κ2) is 5.97. The Morgan fingerprint density at radius 1 is 1.50 bits per heavy atom. The maximum Gasteiger partial charge on any atom is 0.433 e. The molecule has 1 fully saturated rings. The van der Waals surface area contributed by atoms with E-state index < -0.39 is 4.92 Å². The van der Waals surface area contributed by atoms with Crippen LogP contribution in [-0.4, -0.2) is 24.1 Å². The molecule has 0 aromatic carbocycles. The zero-order valence-electron chi connectivity index (χ0n) is 10.4. The molecule has 100 valence electrons. The van der Waals surface area contributed by atoms with Gasteiger partial charge < -0.3 is 14.5 Å². The van der Waals surface area contributed by atoms with E-state index in [9.17, 15) is 10.1 Å². The normalized spacial score (nSPS) is 24.1. The molecular formula is C12H18N2O4. The van der Waals surface area contributed by atoms with Crippen molar-refractivity contribution in [3.8, 4) is 0 Å². The molecule has 0 saturated heterocycles. The van der Waals surface area contributed by atoms with Gasteiger partial charge >= 0.3 is 5.88 Å². The highest BCUT2D eigenvalue weighted by atomic mass is 16.6. The van der Waals surface area contributed by atoms with Crippen LogP contribution in [0, 0.1) is 10.1 Å². The molecule has 0 amide bonds. The van der Waals surface area contributed by atoms with Crippen LogP contribution in [0.3, 0.4) is 0 Å². The van der Waals surface area contributed by atoms with Gasteiger partial charge in [0.1, 0.15) is 17.3 Å². The Bertz CT molecular complexity index is 405. The van der Waals surface area contributed by atoms with Gasteiger partial charge in [-0.25, -0.2) is 0 Å². The quantitative estimate of drug-likeness (QED) is 0.644. The molecular weight excluding hydrogens is 236 g/mol. The molecule has 2 unspecified atom stereocenters. The maximum atomic E-state index is 10.5. The summed E-state index contributed by atoms with van der Waals surface area (Å²) in [5, 5.41) is 13.7. The predicted molar refractivity (Wildman–Crippen MR) is 65.3 cm³/mol. The molecule has 1 heterocycles. The molecule has 2 atom stereocenters. The molecule has 18 heavy (non-hydrogen) atoms. The zero-order valence-corrected chi connectivity index (χ0v) is 10.4. The first-order valence-electron chi connectivity index (χ1n) is 6.22. The predicted octanol–water partition coefficient (Wildman–Crippen LogP) is 2.24. The van der Waals surface area contributed by atoms with Crippen LogP contribution in [0.5, 0.6) is 0 Å². The van der Waals surface area contributed by atoms with E-state index in [1.807, 2.05) is 7.05 Å². The third-order valence-corrected chi connectivity index (χ3v) is 3.34. The first-order valence-corrected chi connectivity index (χ1v) is 6.22. The van der Waals surface area contributed by atoms with Crippen LogP contribution in [0.15, 0.2) is 16.5 Å². The van der Waals surface area contributed by atoms with E-state index in [2.05, 4.69) is 5.32 Å². The number of nitrogens with zero attached hydrogens (tertiary/aromatic N) is 1. The van der Waals surface area contributed by atoms with Gasteiger partial charge in [-0.2, -0.15) is 0 Å². The topological polar surface area (TPSA) is 77.5 Å². The van der Waals surface area contributed by atoms with Crippen LogP contribution >= 0.6 is 0 Å². The molecule has 1 aliphatic carbocycles. The average molecular weight is 254 g/mol. The van der Waals surface area contributed by atoms with Crippen molar-refractivity contribution in [2.75, 3.05) is 7.05 Å². The molecule has 0 radical (unpaired) electrons. The Morgan fingerprint density at radius 3 is 2.94 bits per heavy atom. The van der Waals surface area contributed by atoms with Gasteiger partial charge in [-0.3, -0.25) is 10.1 Å². The third kappa shape index (κ3) is 3.08. The van der Waals surface area contributed by atoms with E-state index in [4.69, 9.17) is 9.15 Å². The van der Waals surface area contributed by atoms with Crippen molar-refractivity contribution in [3.05, 3.63) is 28.0 Å². The van der Waals surface area contributed by atoms with E-state index in [0.29, 0.717) is 11.8 Å². The fourth-order valence-electron chi connectivity index (χ4n) is 2.36. The lowest BCUT2D eigenvalue weighted by molar-refractivity contribution is -0.402. The molecule has 1 aliphatic rings. The summed E-state index contributed by atoms with van der Waals surface area (Å²) >= 11 is 0. The number of nitro groups is 1. The summed E-state index contributed by atoms with van der Waals surface area (Å²) in [5.41, 5.74) is 0. The fourth-order valence-corrected chi connectivity index (χ4v) is 2.36. The minimum absolute atomic E-state index is 0.160. The highest BCUT2D eigenvalue weighted by Gasteiger charge is 2.24. The summed E-state index contributed by atoms with van der Waals surface area (Å²) < 4.78 is 10.8. The number of nitrogens with one attached hydrogen (secondary N) is 1. The first-order chi connectivity index (χ1) is 8.70. The minimum Gasteiger partial charge on any atom is -0.403 e. The molecule has 2 rings (SSSR count). The summed E-state index contributed by atoms with van der Waals surface area (Å²) in [6, 6.07) is 3.31. The van der Waals surface area contributed by atoms with Gasteiger partial charge in [-0.05, 0) is 26.0 Å². The highest BCUT2D eigenvalue weighted by molar-refractivity contribution is 5.17. The van der Waals surface area contributed by atoms with Crippen LogP contribution in [0.25, 0.3) is 0 Å². The summed E-state index contributed by atoms with van der Waals surface area (Å²) in [6.45, 7) is 0.288. The van der Waals surface area contributed by atoms with E-state index in [0.717, 1.165) is 12.8 Å². The van der Waals surface area contributed by atoms with Crippen molar-refractivity contribution in [2.24, 2.45) is 0 Å². The van der Waals surface area contributed by atoms with Gasteiger partial charge in [0.25, 0.3) is 0 Å². The third-order valence-electron chi connectivity index (χ3n) is 3.34. The van der Waals surface area contributed by atoms with Crippen LogP contribution in [0.4, 0.5) is 5.88 Å². The van der Waals surface area contributed by atoms with Crippen LogP contribution in [0.2, 0.25) is 0 Å². The molecule has 6 nitrogen and oxygen atoms in total. The molecule has 1 aromatic rings. The number of hydrogen-bond donors (Lipinski definition) is 1. The lowest BCUT2D eigenvalue weighted by Gasteiger charge is -2.30. The molecule has 0 bridgehead atoms. The number of furan rings is 1. The Morgan fingerprint density at radius 2 is 2.28 bits per heavy atom. The average Bonchev–Trinajstić information content (AvgIpc) is 2.85. The van der Waals surface area contributed by atoms with Gasteiger partial charge in [0.05, 0.1) is 12.2 Å². The van der Waals surface area contributed by atoms with Gasteiger partial charge in [0.15, 0.2) is 0 Å². The Kier molecular flexibility index (Phi) is 4.33. The molecule has 1 aromatic heterocycles. The van der Waals surface area contributed by atoms with Gasteiger partial charge in [0.2, 0.25) is 0 Å². The van der Waals surface area contributed by atoms with Crippen molar-refractivity contribution in [1.82, 2.24) is 5.32 Å². The standard InChI is InChI=1S/C12H18N2O4/c1-13-10-4-2-3-5-11(10)17-8-9-6-7-12(18-9)14(15)16/h6-7,10-11,13H,2-5,8H2,1H3. The van der Waals surface area contributed by atoms with Crippen LogP contribution < -0.4 is 5.32 Å². The first kappa shape index (κ1) is 13.0. The molecule has 0 aliphatic heterocycles. The van der Waals surface area contributed by atoms with Crippen LogP contribution in [0.1, 0.15) is 31.4 Å². The summed E-state index contributed by atoms with van der Waals surface area (Å²) in [5.74, 6) is 0.268. The van der Waals surface area contributed by atoms with E-state index in [1.165, 1.54) is 18.9 Å². The second-order valence-electron chi connectivity index (χ2n) is 4.53. The minimum atomic E-state index is -0.541. The van der Waals surface area contributed by atoms with Gasteiger partial charge in [0, 0.05) is 6.04 Å². The maximum absolute atomic E-state index is 10.5. The largest absolute Gasteiger partial charge is 0.433 e. The van der Waals surface area contributed by atoms with E-state index in [-0.39, 0.29) is 18.6 Å². The van der Waals surface area contributed by atoms with Gasteiger partial charge in [-0.1, -0.05) is 12.8 Å². The van der Waals surface area contributed by atoms with Crippen molar-refractivity contribution in [3.63, 3.8) is 0 Å². The zero-order chi connectivity index (χ0) is 13.0. The fraction of sp³-hybridized carbons (Fsp3) is 0.667. The van der Waals surface area contributed by atoms with Crippen molar-refractivity contribution < 1.29 is 14.1 Å². The molecule has 1 N–H and O–H groups in total. The van der Waals surface area contributed by atoms with Crippen LogP contribution in [-0.2, 0) is 11.3 Å². The monoisotopic (exact) mass is 254 g/mol. The lowest BCUT2D eigenvalue weighted by Crippen LogP contribution is -2.41. The Hall–Kier alpha value is -1.40. The van der Waals surface area contributed by atoms with E-state index >= 15 is 0 Å². The highest BCUT2D eigenvalue weighted by Crippen LogP contribution is 2.23. The van der Waals surface area contributed by atoms with Crippen molar-refractivity contribution >= 4 is 5.88 Å². The molecule has 1 saturated carbocycles. The SMILES string of the molecule is CNC1CCCCC1OCc1ccc([N+](=O)[O-])o1. The van der Waals surface area contributed by atoms with E-state index in [1.54, 1.807) is 6.07 Å². The molecule has 6 heteroatoms. The summed E-state index contributed by atoms with van der Waals surface area (Å²) in [7, 11) is 1.93. The second-order valence-corrected chi connectivity index (χ2v) is 4.53. The summed E-state index contributed by atoms with van der Waals surface area (Å²) in [4.78, 5) is 9.94. The number of likely N-dealkylation sites (N-methyl/N-ethyl adjacent to an activating group) is 1. The van der Waals surface area contributed by atoms with Crippen molar-refractivity contribution in [1.29, 1.82) is 0 Å². The Balaban J connectivity index is 1.87. The summed E-state index contributed by atoms with van der Waals surface area (Å²) in [6.07, 6.45) is 4.68. The number of ether oxygens (including phenoxy) is 1. The van der Waals surface area contributed by atoms with Gasteiger partial charge in [-0.15, -0.1) is 0 Å². The number of hydrogen-bond acceptors (Lipinski definition) is 5.